The lowest BCUT2D eigenvalue weighted by Crippen LogP contribution is -2.34. The number of hydrogen-bond acceptors (Lipinski definition) is 5. The lowest BCUT2D eigenvalue weighted by molar-refractivity contribution is -0.501. The van der Waals surface area contributed by atoms with E-state index in [1.54, 1.807) is 13.0 Å². The van der Waals surface area contributed by atoms with E-state index in [2.05, 4.69) is 4.74 Å². The molecule has 0 bridgehead atoms. The standard InChI is InChI=1S/C9H13NO5/c1-2-15-9(11)8(10(12)13)7-3-5-14-6-4-7/h3,8H,2,4-6H2,1H3. The number of esters is 1. The van der Waals surface area contributed by atoms with Crippen LogP contribution >= 0.6 is 0 Å². The van der Waals surface area contributed by atoms with Crippen molar-refractivity contribution >= 4 is 5.97 Å². The molecule has 6 nitrogen and oxygen atoms in total. The maximum absolute atomic E-state index is 11.3. The Morgan fingerprint density at radius 3 is 3.00 bits per heavy atom. The maximum atomic E-state index is 11.3. The van der Waals surface area contributed by atoms with Crippen LogP contribution in [0, 0.1) is 10.1 Å². The first-order chi connectivity index (χ1) is 7.16. The summed E-state index contributed by atoms with van der Waals surface area (Å²) < 4.78 is 9.67. The van der Waals surface area contributed by atoms with Crippen molar-refractivity contribution in [2.75, 3.05) is 19.8 Å². The summed E-state index contributed by atoms with van der Waals surface area (Å²) in [5.74, 6) is -0.796. The second-order valence-electron chi connectivity index (χ2n) is 3.04. The fourth-order valence-electron chi connectivity index (χ4n) is 1.38. The van der Waals surface area contributed by atoms with Gasteiger partial charge in [0.25, 0.3) is 0 Å². The number of rotatable bonds is 4. The molecule has 0 spiro atoms. The number of hydrogen-bond donors (Lipinski definition) is 0. The van der Waals surface area contributed by atoms with Crippen LogP contribution in [-0.4, -0.2) is 36.8 Å². The largest absolute Gasteiger partial charge is 0.461 e. The van der Waals surface area contributed by atoms with Crippen molar-refractivity contribution in [3.63, 3.8) is 0 Å². The highest BCUT2D eigenvalue weighted by molar-refractivity contribution is 5.78. The molecule has 0 N–H and O–H groups in total. The van der Waals surface area contributed by atoms with Gasteiger partial charge in [0.2, 0.25) is 0 Å². The summed E-state index contributed by atoms with van der Waals surface area (Å²) in [6, 6.07) is -1.37. The summed E-state index contributed by atoms with van der Waals surface area (Å²) in [5.41, 5.74) is 0.477. The molecule has 6 heteroatoms. The summed E-state index contributed by atoms with van der Waals surface area (Å²) in [7, 11) is 0. The number of nitrogens with zero attached hydrogens (tertiary/aromatic N) is 1. The lowest BCUT2D eigenvalue weighted by atomic mass is 10.0. The van der Waals surface area contributed by atoms with Gasteiger partial charge >= 0.3 is 12.0 Å². The smallest absolute Gasteiger partial charge is 0.386 e. The van der Waals surface area contributed by atoms with Crippen LogP contribution in [-0.2, 0) is 14.3 Å². The Kier molecular flexibility index (Phi) is 4.23. The predicted octanol–water partition coefficient (Wildman–Crippen LogP) is 0.542. The summed E-state index contributed by atoms with van der Waals surface area (Å²) in [4.78, 5) is 21.5. The average Bonchev–Trinajstić information content (AvgIpc) is 2.19. The van der Waals surface area contributed by atoms with Crippen molar-refractivity contribution in [3.8, 4) is 0 Å². The molecular weight excluding hydrogens is 202 g/mol. The molecule has 0 fully saturated rings. The Balaban J connectivity index is 2.77. The minimum absolute atomic E-state index is 0.146. The van der Waals surface area contributed by atoms with Crippen molar-refractivity contribution in [2.45, 2.75) is 19.4 Å². The van der Waals surface area contributed by atoms with Crippen molar-refractivity contribution < 1.29 is 19.2 Å². The molecule has 0 amide bonds. The van der Waals surface area contributed by atoms with E-state index >= 15 is 0 Å². The number of nitro groups is 1. The van der Waals surface area contributed by atoms with E-state index in [1.165, 1.54) is 0 Å². The summed E-state index contributed by atoms with van der Waals surface area (Å²) in [6.45, 7) is 2.49. The minimum atomic E-state index is -1.37. The first-order valence-electron chi connectivity index (χ1n) is 4.73. The van der Waals surface area contributed by atoms with E-state index in [0.29, 0.717) is 25.2 Å². The van der Waals surface area contributed by atoms with Crippen molar-refractivity contribution in [2.24, 2.45) is 0 Å². The zero-order valence-electron chi connectivity index (χ0n) is 8.47. The second kappa shape index (κ2) is 5.45. The van der Waals surface area contributed by atoms with Gasteiger partial charge in [0.15, 0.2) is 0 Å². The maximum Gasteiger partial charge on any atom is 0.386 e. The number of ether oxygens (including phenoxy) is 2. The fraction of sp³-hybridized carbons (Fsp3) is 0.667. The third kappa shape index (κ3) is 3.02. The van der Waals surface area contributed by atoms with Gasteiger partial charge in [-0.1, -0.05) is 6.08 Å². The highest BCUT2D eigenvalue weighted by Gasteiger charge is 2.35. The van der Waals surface area contributed by atoms with Gasteiger partial charge in [0.05, 0.1) is 19.8 Å². The van der Waals surface area contributed by atoms with Crippen LogP contribution in [0.25, 0.3) is 0 Å². The first kappa shape index (κ1) is 11.6. The zero-order valence-corrected chi connectivity index (χ0v) is 8.47. The molecule has 0 aromatic carbocycles. The van der Waals surface area contributed by atoms with E-state index in [9.17, 15) is 14.9 Å². The molecule has 0 aromatic rings. The van der Waals surface area contributed by atoms with Gasteiger partial charge in [-0.3, -0.25) is 10.1 Å². The Morgan fingerprint density at radius 2 is 2.53 bits per heavy atom. The highest BCUT2D eigenvalue weighted by atomic mass is 16.6. The van der Waals surface area contributed by atoms with Gasteiger partial charge in [0.1, 0.15) is 0 Å². The second-order valence-corrected chi connectivity index (χ2v) is 3.04. The molecule has 0 saturated heterocycles. The molecular formula is C9H13NO5. The van der Waals surface area contributed by atoms with E-state index < -0.39 is 16.9 Å². The molecule has 1 unspecified atom stereocenters. The van der Waals surface area contributed by atoms with Crippen molar-refractivity contribution in [3.05, 3.63) is 21.8 Å². The first-order valence-corrected chi connectivity index (χ1v) is 4.73. The summed E-state index contributed by atoms with van der Waals surface area (Å²) >= 11 is 0. The van der Waals surface area contributed by atoms with Crippen LogP contribution in [0.5, 0.6) is 0 Å². The van der Waals surface area contributed by atoms with Crippen molar-refractivity contribution in [1.82, 2.24) is 0 Å². The molecule has 1 aliphatic heterocycles. The number of carbonyl (C=O) groups is 1. The van der Waals surface area contributed by atoms with Gasteiger partial charge in [0, 0.05) is 10.5 Å². The Labute approximate surface area is 87.0 Å². The van der Waals surface area contributed by atoms with Crippen molar-refractivity contribution in [1.29, 1.82) is 0 Å². The van der Waals surface area contributed by atoms with E-state index in [0.717, 1.165) is 0 Å². The monoisotopic (exact) mass is 215 g/mol. The van der Waals surface area contributed by atoms with Gasteiger partial charge in [-0.05, 0) is 13.3 Å². The van der Waals surface area contributed by atoms with Gasteiger partial charge in [-0.15, -0.1) is 0 Å². The summed E-state index contributed by atoms with van der Waals surface area (Å²) in [5, 5.41) is 10.7. The Morgan fingerprint density at radius 1 is 1.80 bits per heavy atom. The molecule has 1 aliphatic rings. The molecule has 0 aliphatic carbocycles. The van der Waals surface area contributed by atoms with Crippen LogP contribution in [0.1, 0.15) is 13.3 Å². The summed E-state index contributed by atoms with van der Waals surface area (Å²) in [6.07, 6.45) is 1.98. The average molecular weight is 215 g/mol. The quantitative estimate of drug-likeness (QED) is 0.296. The molecule has 1 rings (SSSR count). The Bertz CT molecular complexity index is 286. The zero-order chi connectivity index (χ0) is 11.3. The Hall–Kier alpha value is -1.43. The molecule has 0 aromatic heterocycles. The van der Waals surface area contributed by atoms with Crippen LogP contribution in [0.3, 0.4) is 0 Å². The minimum Gasteiger partial charge on any atom is -0.461 e. The van der Waals surface area contributed by atoms with Crippen LogP contribution in [0.2, 0.25) is 0 Å². The SMILES string of the molecule is CCOC(=O)C(C1=CCOCC1)[N+](=O)[O-]. The fourth-order valence-corrected chi connectivity index (χ4v) is 1.38. The highest BCUT2D eigenvalue weighted by Crippen LogP contribution is 2.16. The third-order valence-corrected chi connectivity index (χ3v) is 2.07. The molecule has 1 heterocycles. The topological polar surface area (TPSA) is 78.7 Å². The predicted molar refractivity (Wildman–Crippen MR) is 50.9 cm³/mol. The number of carbonyl (C=O) groups excluding carboxylic acids is 1. The van der Waals surface area contributed by atoms with E-state index in [4.69, 9.17) is 4.74 Å². The van der Waals surface area contributed by atoms with E-state index in [1.807, 2.05) is 0 Å². The van der Waals surface area contributed by atoms with E-state index in [-0.39, 0.29) is 6.61 Å². The normalized spacial score (nSPS) is 17.8. The lowest BCUT2D eigenvalue weighted by Gasteiger charge is -2.15. The molecule has 0 saturated carbocycles. The third-order valence-electron chi connectivity index (χ3n) is 2.07. The van der Waals surface area contributed by atoms with Gasteiger partial charge in [-0.2, -0.15) is 0 Å². The van der Waals surface area contributed by atoms with Gasteiger partial charge in [-0.25, -0.2) is 4.79 Å². The molecule has 1 atom stereocenters. The molecule has 15 heavy (non-hydrogen) atoms. The molecule has 84 valence electrons. The van der Waals surface area contributed by atoms with Gasteiger partial charge < -0.3 is 9.47 Å². The van der Waals surface area contributed by atoms with Crippen LogP contribution in [0.15, 0.2) is 11.6 Å². The van der Waals surface area contributed by atoms with Crippen LogP contribution in [0.4, 0.5) is 0 Å². The van der Waals surface area contributed by atoms with Crippen LogP contribution < -0.4 is 0 Å². The molecule has 0 radical (unpaired) electrons.